The highest BCUT2D eigenvalue weighted by molar-refractivity contribution is 5.77. The molecule has 1 aliphatic heterocycles. The van der Waals surface area contributed by atoms with Crippen LogP contribution in [0.25, 0.3) is 0 Å². The zero-order valence-electron chi connectivity index (χ0n) is 14.8. The van der Waals surface area contributed by atoms with Gasteiger partial charge < -0.3 is 24.8 Å². The number of rotatable bonds is 9. The fourth-order valence-electron chi connectivity index (χ4n) is 2.74. The van der Waals surface area contributed by atoms with Gasteiger partial charge in [0, 0.05) is 25.7 Å². The molecule has 1 aromatic carbocycles. The van der Waals surface area contributed by atoms with Crippen LogP contribution in [0.5, 0.6) is 11.5 Å². The SMILES string of the molecule is CCNC(=O)COc1ccc(CNC(C)C2CCCO2)cc1OC. The van der Waals surface area contributed by atoms with Crippen molar-refractivity contribution < 1.29 is 19.0 Å². The smallest absolute Gasteiger partial charge is 0.257 e. The van der Waals surface area contributed by atoms with E-state index in [9.17, 15) is 4.79 Å². The van der Waals surface area contributed by atoms with Gasteiger partial charge in [-0.15, -0.1) is 0 Å². The summed E-state index contributed by atoms with van der Waals surface area (Å²) in [6, 6.07) is 6.06. The predicted octanol–water partition coefficient (Wildman–Crippen LogP) is 1.87. The first-order valence-corrected chi connectivity index (χ1v) is 8.55. The van der Waals surface area contributed by atoms with E-state index in [-0.39, 0.29) is 12.5 Å². The molecule has 2 unspecified atom stereocenters. The van der Waals surface area contributed by atoms with Crippen LogP contribution in [0.3, 0.4) is 0 Å². The van der Waals surface area contributed by atoms with Crippen molar-refractivity contribution in [2.45, 2.75) is 45.4 Å². The van der Waals surface area contributed by atoms with Gasteiger partial charge in [0.15, 0.2) is 18.1 Å². The Hall–Kier alpha value is -1.79. The largest absolute Gasteiger partial charge is 0.493 e. The first kappa shape index (κ1) is 18.5. The Balaban J connectivity index is 1.88. The van der Waals surface area contributed by atoms with Crippen LogP contribution >= 0.6 is 0 Å². The van der Waals surface area contributed by atoms with Crippen molar-refractivity contribution in [3.05, 3.63) is 23.8 Å². The summed E-state index contributed by atoms with van der Waals surface area (Å²) in [5.41, 5.74) is 1.10. The molecule has 1 heterocycles. The molecule has 2 atom stereocenters. The third-order valence-corrected chi connectivity index (χ3v) is 4.11. The van der Waals surface area contributed by atoms with E-state index in [1.807, 2.05) is 25.1 Å². The summed E-state index contributed by atoms with van der Waals surface area (Å²) in [6.45, 7) is 6.19. The third-order valence-electron chi connectivity index (χ3n) is 4.11. The molecule has 0 saturated carbocycles. The summed E-state index contributed by atoms with van der Waals surface area (Å²) in [5.74, 6) is 1.05. The van der Waals surface area contributed by atoms with Crippen molar-refractivity contribution in [2.24, 2.45) is 0 Å². The molecule has 0 aliphatic carbocycles. The number of methoxy groups -OCH3 is 1. The fraction of sp³-hybridized carbons (Fsp3) is 0.611. The maximum absolute atomic E-state index is 11.5. The van der Waals surface area contributed by atoms with Gasteiger partial charge in [-0.05, 0) is 44.4 Å². The molecular formula is C18H28N2O4. The van der Waals surface area contributed by atoms with Gasteiger partial charge in [0.1, 0.15) is 0 Å². The van der Waals surface area contributed by atoms with Crippen molar-refractivity contribution in [2.75, 3.05) is 26.9 Å². The lowest BCUT2D eigenvalue weighted by atomic mass is 10.1. The Kier molecular flexibility index (Phi) is 7.34. The van der Waals surface area contributed by atoms with Crippen LogP contribution < -0.4 is 20.1 Å². The van der Waals surface area contributed by atoms with E-state index < -0.39 is 0 Å². The lowest BCUT2D eigenvalue weighted by Crippen LogP contribution is -2.36. The van der Waals surface area contributed by atoms with Crippen LogP contribution in [0.15, 0.2) is 18.2 Å². The Bertz CT molecular complexity index is 530. The Morgan fingerprint density at radius 2 is 2.25 bits per heavy atom. The topological polar surface area (TPSA) is 68.8 Å². The summed E-state index contributed by atoms with van der Waals surface area (Å²) in [7, 11) is 1.60. The number of nitrogens with one attached hydrogen (secondary N) is 2. The molecule has 0 bridgehead atoms. The molecule has 2 N–H and O–H groups in total. The molecule has 0 spiro atoms. The molecule has 134 valence electrons. The van der Waals surface area contributed by atoms with E-state index in [1.165, 1.54) is 0 Å². The number of benzene rings is 1. The van der Waals surface area contributed by atoms with Gasteiger partial charge in [0.2, 0.25) is 0 Å². The second kappa shape index (κ2) is 9.49. The number of carbonyl (C=O) groups excluding carboxylic acids is 1. The Labute approximate surface area is 143 Å². The minimum absolute atomic E-state index is 0.0160. The van der Waals surface area contributed by atoms with E-state index in [0.717, 1.165) is 31.6 Å². The number of amides is 1. The van der Waals surface area contributed by atoms with Crippen LogP contribution in [-0.2, 0) is 16.1 Å². The molecule has 24 heavy (non-hydrogen) atoms. The van der Waals surface area contributed by atoms with Crippen molar-refractivity contribution >= 4 is 5.91 Å². The van der Waals surface area contributed by atoms with Crippen LogP contribution in [0.1, 0.15) is 32.3 Å². The van der Waals surface area contributed by atoms with Gasteiger partial charge in [-0.3, -0.25) is 4.79 Å². The number of ether oxygens (including phenoxy) is 3. The summed E-state index contributed by atoms with van der Waals surface area (Å²) in [6.07, 6.45) is 2.55. The molecule has 6 nitrogen and oxygen atoms in total. The fourth-order valence-corrected chi connectivity index (χ4v) is 2.74. The Morgan fingerprint density at radius 3 is 2.92 bits per heavy atom. The second-order valence-electron chi connectivity index (χ2n) is 5.95. The van der Waals surface area contributed by atoms with E-state index in [0.29, 0.717) is 30.2 Å². The van der Waals surface area contributed by atoms with Gasteiger partial charge in [-0.2, -0.15) is 0 Å². The van der Waals surface area contributed by atoms with Crippen molar-refractivity contribution in [3.8, 4) is 11.5 Å². The van der Waals surface area contributed by atoms with Crippen molar-refractivity contribution in [3.63, 3.8) is 0 Å². The van der Waals surface area contributed by atoms with Gasteiger partial charge >= 0.3 is 0 Å². The molecule has 1 amide bonds. The molecule has 6 heteroatoms. The van der Waals surface area contributed by atoms with E-state index in [1.54, 1.807) is 7.11 Å². The van der Waals surface area contributed by atoms with Gasteiger partial charge in [0.25, 0.3) is 5.91 Å². The third kappa shape index (κ3) is 5.39. The average molecular weight is 336 g/mol. The minimum Gasteiger partial charge on any atom is -0.493 e. The summed E-state index contributed by atoms with van der Waals surface area (Å²) < 4.78 is 16.6. The van der Waals surface area contributed by atoms with Gasteiger partial charge in [-0.25, -0.2) is 0 Å². The van der Waals surface area contributed by atoms with Crippen LogP contribution in [-0.4, -0.2) is 44.9 Å². The standard InChI is InChI=1S/C18H28N2O4/c1-4-19-18(21)12-24-16-8-7-14(10-17(16)22-3)11-20-13(2)15-6-5-9-23-15/h7-8,10,13,15,20H,4-6,9,11-12H2,1-3H3,(H,19,21). The number of likely N-dealkylation sites (N-methyl/N-ethyl adjacent to an activating group) is 1. The maximum Gasteiger partial charge on any atom is 0.257 e. The quantitative estimate of drug-likeness (QED) is 0.720. The molecule has 1 fully saturated rings. The maximum atomic E-state index is 11.5. The first-order valence-electron chi connectivity index (χ1n) is 8.55. The predicted molar refractivity (Wildman–Crippen MR) is 92.4 cm³/mol. The summed E-state index contributed by atoms with van der Waals surface area (Å²) >= 11 is 0. The highest BCUT2D eigenvalue weighted by atomic mass is 16.5. The minimum atomic E-state index is -0.143. The zero-order chi connectivity index (χ0) is 17.4. The summed E-state index contributed by atoms with van der Waals surface area (Å²) in [5, 5.41) is 6.19. The van der Waals surface area contributed by atoms with Gasteiger partial charge in [-0.1, -0.05) is 6.07 Å². The zero-order valence-corrected chi connectivity index (χ0v) is 14.8. The molecule has 2 rings (SSSR count). The molecule has 1 aliphatic rings. The second-order valence-corrected chi connectivity index (χ2v) is 5.95. The van der Waals surface area contributed by atoms with Crippen molar-refractivity contribution in [1.82, 2.24) is 10.6 Å². The highest BCUT2D eigenvalue weighted by Gasteiger charge is 2.21. The molecule has 1 saturated heterocycles. The lowest BCUT2D eigenvalue weighted by molar-refractivity contribution is -0.123. The molecule has 0 radical (unpaired) electrons. The molecular weight excluding hydrogens is 308 g/mol. The molecule has 0 aromatic heterocycles. The normalized spacial score (nSPS) is 18.2. The molecule has 1 aromatic rings. The van der Waals surface area contributed by atoms with Crippen LogP contribution in [0.2, 0.25) is 0 Å². The highest BCUT2D eigenvalue weighted by Crippen LogP contribution is 2.28. The monoisotopic (exact) mass is 336 g/mol. The summed E-state index contributed by atoms with van der Waals surface area (Å²) in [4.78, 5) is 11.5. The van der Waals surface area contributed by atoms with E-state index in [4.69, 9.17) is 14.2 Å². The van der Waals surface area contributed by atoms with E-state index in [2.05, 4.69) is 17.6 Å². The van der Waals surface area contributed by atoms with Crippen molar-refractivity contribution in [1.29, 1.82) is 0 Å². The first-order chi connectivity index (χ1) is 11.6. The van der Waals surface area contributed by atoms with Crippen LogP contribution in [0, 0.1) is 0 Å². The number of carbonyl (C=O) groups is 1. The van der Waals surface area contributed by atoms with Gasteiger partial charge in [0.05, 0.1) is 13.2 Å². The lowest BCUT2D eigenvalue weighted by Gasteiger charge is -2.20. The Morgan fingerprint density at radius 1 is 1.42 bits per heavy atom. The van der Waals surface area contributed by atoms with Crippen LogP contribution in [0.4, 0.5) is 0 Å². The number of hydrogen-bond donors (Lipinski definition) is 2. The number of hydrogen-bond acceptors (Lipinski definition) is 5. The van der Waals surface area contributed by atoms with E-state index >= 15 is 0 Å². The average Bonchev–Trinajstić information content (AvgIpc) is 3.13.